The van der Waals surface area contributed by atoms with E-state index in [0.717, 1.165) is 38.6 Å². The number of hydrogen-bond donors (Lipinski definition) is 1. The van der Waals surface area contributed by atoms with Gasteiger partial charge in [0.1, 0.15) is 11.6 Å². The van der Waals surface area contributed by atoms with Gasteiger partial charge < -0.3 is 9.84 Å². The Balaban J connectivity index is 2.05. The van der Waals surface area contributed by atoms with Gasteiger partial charge in [0, 0.05) is 31.8 Å². The molecule has 1 fully saturated rings. The number of likely N-dealkylation sites (tertiary alicyclic amines) is 1. The Kier molecular flexibility index (Phi) is 5.31. The zero-order valence-electron chi connectivity index (χ0n) is 12.6. The van der Waals surface area contributed by atoms with Crippen LogP contribution in [0.25, 0.3) is 0 Å². The number of aromatic hydroxyl groups is 1. The Labute approximate surface area is 124 Å². The van der Waals surface area contributed by atoms with Crippen molar-refractivity contribution < 1.29 is 19.0 Å². The van der Waals surface area contributed by atoms with Crippen LogP contribution in [0.2, 0.25) is 0 Å². The van der Waals surface area contributed by atoms with Crippen LogP contribution in [0, 0.1) is 5.82 Å². The minimum atomic E-state index is -0.489. The van der Waals surface area contributed by atoms with E-state index < -0.39 is 5.82 Å². The van der Waals surface area contributed by atoms with Gasteiger partial charge in [0.05, 0.1) is 11.7 Å². The SMILES string of the molecule is CCOC1CCN(Cc2cc(F)cc(C(C)=O)c2O)CC1. The molecule has 0 radical (unpaired) electrons. The van der Waals surface area contributed by atoms with Gasteiger partial charge in [0.15, 0.2) is 5.78 Å². The molecule has 0 bridgehead atoms. The van der Waals surface area contributed by atoms with Crippen LogP contribution in [0.1, 0.15) is 42.6 Å². The van der Waals surface area contributed by atoms with E-state index in [1.54, 1.807) is 0 Å². The molecule has 4 nitrogen and oxygen atoms in total. The summed E-state index contributed by atoms with van der Waals surface area (Å²) < 4.78 is 19.2. The summed E-state index contributed by atoms with van der Waals surface area (Å²) in [6.45, 7) is 6.17. The molecule has 0 amide bonds. The standard InChI is InChI=1S/C16H22FNO3/c1-3-21-14-4-6-18(7-5-14)10-12-8-13(17)9-15(11(2)19)16(12)20/h8-9,14,20H,3-7,10H2,1-2H3. The molecule has 1 saturated heterocycles. The number of carbonyl (C=O) groups excluding carboxylic acids is 1. The molecule has 0 aromatic heterocycles. The lowest BCUT2D eigenvalue weighted by molar-refractivity contribution is 0.0124. The number of Topliss-reactive ketones (excluding diaryl/α,β-unsaturated/α-hetero) is 1. The third-order valence-corrected chi connectivity index (χ3v) is 3.86. The smallest absolute Gasteiger partial charge is 0.163 e. The predicted octanol–water partition coefficient (Wildman–Crippen LogP) is 2.73. The molecule has 0 saturated carbocycles. The number of halogens is 1. The molecule has 0 unspecified atom stereocenters. The van der Waals surface area contributed by atoms with Crippen LogP contribution < -0.4 is 0 Å². The van der Waals surface area contributed by atoms with E-state index in [4.69, 9.17) is 4.74 Å². The minimum absolute atomic E-state index is 0.0502. The molecule has 116 valence electrons. The Hall–Kier alpha value is -1.46. The second-order valence-corrected chi connectivity index (χ2v) is 5.45. The van der Waals surface area contributed by atoms with Crippen LogP contribution in [-0.4, -0.2) is 41.6 Å². The van der Waals surface area contributed by atoms with E-state index in [2.05, 4.69) is 4.90 Å². The third-order valence-electron chi connectivity index (χ3n) is 3.86. The molecule has 1 aromatic rings. The first-order valence-corrected chi connectivity index (χ1v) is 7.37. The van der Waals surface area contributed by atoms with Crippen molar-refractivity contribution in [3.63, 3.8) is 0 Å². The van der Waals surface area contributed by atoms with Crippen LogP contribution in [-0.2, 0) is 11.3 Å². The van der Waals surface area contributed by atoms with Gasteiger partial charge >= 0.3 is 0 Å². The summed E-state index contributed by atoms with van der Waals surface area (Å²) in [6.07, 6.45) is 2.16. The van der Waals surface area contributed by atoms with Crippen LogP contribution in [0.4, 0.5) is 4.39 Å². The number of rotatable bonds is 5. The number of ketones is 1. The lowest BCUT2D eigenvalue weighted by Gasteiger charge is -2.31. The van der Waals surface area contributed by atoms with E-state index in [-0.39, 0.29) is 17.1 Å². The number of benzene rings is 1. The second-order valence-electron chi connectivity index (χ2n) is 5.45. The number of carbonyl (C=O) groups is 1. The van der Waals surface area contributed by atoms with Crippen molar-refractivity contribution in [2.75, 3.05) is 19.7 Å². The van der Waals surface area contributed by atoms with Crippen molar-refractivity contribution in [2.24, 2.45) is 0 Å². The largest absolute Gasteiger partial charge is 0.507 e. The molecule has 2 rings (SSSR count). The number of hydrogen-bond acceptors (Lipinski definition) is 4. The summed E-state index contributed by atoms with van der Waals surface area (Å²) in [5.74, 6) is -0.920. The van der Waals surface area contributed by atoms with Gasteiger partial charge in [-0.1, -0.05) is 0 Å². The lowest BCUT2D eigenvalue weighted by Crippen LogP contribution is -2.36. The average molecular weight is 295 g/mol. The zero-order chi connectivity index (χ0) is 15.4. The average Bonchev–Trinajstić information content (AvgIpc) is 2.44. The molecule has 0 spiro atoms. The van der Waals surface area contributed by atoms with Crippen molar-refractivity contribution in [1.82, 2.24) is 4.90 Å². The van der Waals surface area contributed by atoms with Gasteiger partial charge in [0.25, 0.3) is 0 Å². The third kappa shape index (κ3) is 4.02. The highest BCUT2D eigenvalue weighted by molar-refractivity contribution is 5.97. The molecule has 5 heteroatoms. The molecule has 1 aromatic carbocycles. The molecule has 1 aliphatic rings. The van der Waals surface area contributed by atoms with Gasteiger partial charge in [-0.2, -0.15) is 0 Å². The Bertz CT molecular complexity index is 510. The number of ether oxygens (including phenoxy) is 1. The van der Waals surface area contributed by atoms with E-state index in [9.17, 15) is 14.3 Å². The van der Waals surface area contributed by atoms with E-state index in [1.807, 2.05) is 6.92 Å². The summed E-state index contributed by atoms with van der Waals surface area (Å²) in [6, 6.07) is 2.39. The Morgan fingerprint density at radius 3 is 2.67 bits per heavy atom. The minimum Gasteiger partial charge on any atom is -0.507 e. The van der Waals surface area contributed by atoms with E-state index in [0.29, 0.717) is 18.2 Å². The molecule has 1 N–H and O–H groups in total. The van der Waals surface area contributed by atoms with Crippen LogP contribution >= 0.6 is 0 Å². The highest BCUT2D eigenvalue weighted by Crippen LogP contribution is 2.27. The lowest BCUT2D eigenvalue weighted by atomic mass is 10.0. The number of phenols is 1. The number of piperidine rings is 1. The van der Waals surface area contributed by atoms with Crippen molar-refractivity contribution in [3.05, 3.63) is 29.1 Å². The van der Waals surface area contributed by atoms with Crippen molar-refractivity contribution >= 4 is 5.78 Å². The van der Waals surface area contributed by atoms with E-state index in [1.165, 1.54) is 13.0 Å². The van der Waals surface area contributed by atoms with Crippen LogP contribution in [0.3, 0.4) is 0 Å². The zero-order valence-corrected chi connectivity index (χ0v) is 12.6. The summed E-state index contributed by atoms with van der Waals surface area (Å²) in [5, 5.41) is 10.1. The van der Waals surface area contributed by atoms with Gasteiger partial charge in [-0.05, 0) is 38.8 Å². The molecule has 1 aliphatic heterocycles. The maximum atomic E-state index is 13.6. The van der Waals surface area contributed by atoms with E-state index >= 15 is 0 Å². The summed E-state index contributed by atoms with van der Waals surface area (Å²) >= 11 is 0. The first kappa shape index (κ1) is 15.9. The maximum absolute atomic E-state index is 13.6. The van der Waals surface area contributed by atoms with Crippen LogP contribution in [0.5, 0.6) is 5.75 Å². The van der Waals surface area contributed by atoms with Crippen LogP contribution in [0.15, 0.2) is 12.1 Å². The normalized spacial score (nSPS) is 17.1. The highest BCUT2D eigenvalue weighted by Gasteiger charge is 2.21. The van der Waals surface area contributed by atoms with Crippen molar-refractivity contribution in [3.8, 4) is 5.75 Å². The molecule has 0 aliphatic carbocycles. The Morgan fingerprint density at radius 1 is 1.43 bits per heavy atom. The van der Waals surface area contributed by atoms with Gasteiger partial charge in [0.2, 0.25) is 0 Å². The molecule has 0 atom stereocenters. The molecular formula is C16H22FNO3. The fourth-order valence-electron chi connectivity index (χ4n) is 2.76. The summed E-state index contributed by atoms with van der Waals surface area (Å²) in [7, 11) is 0. The van der Waals surface area contributed by atoms with Gasteiger partial charge in [-0.15, -0.1) is 0 Å². The predicted molar refractivity (Wildman–Crippen MR) is 78.0 cm³/mol. The first-order valence-electron chi connectivity index (χ1n) is 7.37. The van der Waals surface area contributed by atoms with Gasteiger partial charge in [-0.25, -0.2) is 4.39 Å². The first-order chi connectivity index (χ1) is 10.0. The Morgan fingerprint density at radius 2 is 2.10 bits per heavy atom. The maximum Gasteiger partial charge on any atom is 0.163 e. The second kappa shape index (κ2) is 7.00. The van der Waals surface area contributed by atoms with Crippen molar-refractivity contribution in [2.45, 2.75) is 39.3 Å². The molecule has 1 heterocycles. The van der Waals surface area contributed by atoms with Gasteiger partial charge in [-0.3, -0.25) is 9.69 Å². The molecule has 21 heavy (non-hydrogen) atoms. The quantitative estimate of drug-likeness (QED) is 0.849. The fraction of sp³-hybridized carbons (Fsp3) is 0.562. The monoisotopic (exact) mass is 295 g/mol. The fourth-order valence-corrected chi connectivity index (χ4v) is 2.76. The summed E-state index contributed by atoms with van der Waals surface area (Å²) in [5.41, 5.74) is 0.518. The topological polar surface area (TPSA) is 49.8 Å². The number of nitrogens with zero attached hydrogens (tertiary/aromatic N) is 1. The highest BCUT2D eigenvalue weighted by atomic mass is 19.1. The van der Waals surface area contributed by atoms with Crippen molar-refractivity contribution in [1.29, 1.82) is 0 Å². The number of phenolic OH excluding ortho intramolecular Hbond substituents is 1. The summed E-state index contributed by atoms with van der Waals surface area (Å²) in [4.78, 5) is 13.6. The molecular weight excluding hydrogens is 273 g/mol.